The van der Waals surface area contributed by atoms with Crippen molar-refractivity contribution >= 4 is 30.3 Å². The Morgan fingerprint density at radius 3 is 2.65 bits per heavy atom. The first kappa shape index (κ1) is 16.1. The molecule has 1 heterocycles. The van der Waals surface area contributed by atoms with E-state index in [-0.39, 0.29) is 11.7 Å². The lowest BCUT2D eigenvalue weighted by molar-refractivity contribution is -0.115. The van der Waals surface area contributed by atoms with Gasteiger partial charge in [-0.3, -0.25) is 4.79 Å². The van der Waals surface area contributed by atoms with Gasteiger partial charge in [-0.1, -0.05) is 30.3 Å². The van der Waals surface area contributed by atoms with Crippen LogP contribution in [0.15, 0.2) is 47.4 Å². The second-order valence-electron chi connectivity index (χ2n) is 5.35. The third-order valence-corrected chi connectivity index (χ3v) is 4.76. The molecule has 4 N–H and O–H groups in total. The maximum absolute atomic E-state index is 10.8. The fourth-order valence-electron chi connectivity index (χ4n) is 2.50. The monoisotopic (exact) mass is 329 g/mol. The molecule has 118 valence electrons. The fraction of sp³-hybridized carbons (Fsp3) is 0.188. The van der Waals surface area contributed by atoms with E-state index in [0.29, 0.717) is 17.6 Å². The van der Waals surface area contributed by atoms with E-state index >= 15 is 0 Å². The second-order valence-corrected chi connectivity index (χ2v) is 6.40. The van der Waals surface area contributed by atoms with E-state index in [1.165, 1.54) is 11.8 Å². The Kier molecular flexibility index (Phi) is 4.72. The smallest absolute Gasteiger partial charge is 0.423 e. The minimum absolute atomic E-state index is 0.227. The maximum Gasteiger partial charge on any atom is 0.491 e. The Morgan fingerprint density at radius 1 is 1.26 bits per heavy atom. The minimum Gasteiger partial charge on any atom is -0.423 e. The number of carbonyl (C=O) groups is 1. The van der Waals surface area contributed by atoms with Gasteiger partial charge in [-0.25, -0.2) is 0 Å². The summed E-state index contributed by atoms with van der Waals surface area (Å²) in [7, 11) is -0.926. The highest BCUT2D eigenvalue weighted by molar-refractivity contribution is 8.00. The Balaban J connectivity index is 1.76. The Morgan fingerprint density at radius 2 is 1.96 bits per heavy atom. The quantitative estimate of drug-likeness (QED) is 0.551. The third kappa shape index (κ3) is 3.59. The van der Waals surface area contributed by atoms with Crippen LogP contribution < -0.4 is 11.2 Å². The Hall–Kier alpha value is -1.80. The molecule has 1 unspecified atom stereocenters. The number of carbonyl (C=O) groups excluding carboxylic acids is 1. The average molecular weight is 329 g/mol. The van der Waals surface area contributed by atoms with Gasteiger partial charge >= 0.3 is 7.12 Å². The van der Waals surface area contributed by atoms with Crippen molar-refractivity contribution in [1.29, 1.82) is 0 Å². The van der Waals surface area contributed by atoms with Crippen LogP contribution in [0.1, 0.15) is 22.8 Å². The first-order valence-electron chi connectivity index (χ1n) is 7.16. The van der Waals surface area contributed by atoms with E-state index in [9.17, 15) is 14.9 Å². The van der Waals surface area contributed by atoms with E-state index in [4.69, 9.17) is 10.4 Å². The standard InChI is InChI=1S/C16H16BNO4S/c18-15(19)9-23-13-5-3-10(4-6-13)16(20)11-1-2-12-8-22-17(21)14(12)7-11/h1-7,16,20-21H,8-9H2,(H2,18,19). The van der Waals surface area contributed by atoms with Crippen LogP contribution in [0.2, 0.25) is 0 Å². The predicted molar refractivity (Wildman–Crippen MR) is 89.3 cm³/mol. The molecule has 0 fully saturated rings. The molecule has 1 atom stereocenters. The molecule has 0 radical (unpaired) electrons. The van der Waals surface area contributed by atoms with E-state index in [2.05, 4.69) is 0 Å². The van der Waals surface area contributed by atoms with Crippen LogP contribution >= 0.6 is 11.8 Å². The van der Waals surface area contributed by atoms with Crippen LogP contribution in [-0.2, 0) is 16.1 Å². The number of fused-ring (bicyclic) bond motifs is 1. The summed E-state index contributed by atoms with van der Waals surface area (Å²) in [5.74, 6) is -0.136. The number of nitrogens with two attached hydrogens (primary N) is 1. The van der Waals surface area contributed by atoms with Crippen molar-refractivity contribution in [3.8, 4) is 0 Å². The summed E-state index contributed by atoms with van der Waals surface area (Å²) in [5.41, 5.74) is 8.20. The molecule has 0 spiro atoms. The number of thioether (sulfide) groups is 1. The van der Waals surface area contributed by atoms with Crippen molar-refractivity contribution < 1.29 is 19.6 Å². The topological polar surface area (TPSA) is 92.8 Å². The molecule has 0 saturated carbocycles. The van der Waals surface area contributed by atoms with E-state index in [1.807, 2.05) is 36.4 Å². The van der Waals surface area contributed by atoms with Crippen molar-refractivity contribution in [2.45, 2.75) is 17.6 Å². The van der Waals surface area contributed by atoms with Gasteiger partial charge in [-0.15, -0.1) is 11.8 Å². The van der Waals surface area contributed by atoms with E-state index in [1.54, 1.807) is 6.07 Å². The Bertz CT molecular complexity index is 723. The molecule has 3 rings (SSSR count). The molecule has 1 aliphatic heterocycles. The number of aliphatic hydroxyl groups excluding tert-OH is 1. The van der Waals surface area contributed by atoms with E-state index in [0.717, 1.165) is 16.0 Å². The van der Waals surface area contributed by atoms with Gasteiger partial charge in [-0.2, -0.15) is 0 Å². The molecular weight excluding hydrogens is 313 g/mol. The number of aliphatic hydroxyl groups is 1. The number of primary amides is 1. The molecule has 1 amide bonds. The number of rotatable bonds is 5. The van der Waals surface area contributed by atoms with Gasteiger partial charge in [0.2, 0.25) is 5.91 Å². The zero-order valence-electron chi connectivity index (χ0n) is 12.3. The van der Waals surface area contributed by atoms with Gasteiger partial charge in [0.25, 0.3) is 0 Å². The van der Waals surface area contributed by atoms with Crippen molar-refractivity contribution in [3.05, 3.63) is 59.2 Å². The van der Waals surface area contributed by atoms with Crippen LogP contribution in [0.5, 0.6) is 0 Å². The summed E-state index contributed by atoms with van der Waals surface area (Å²) in [6.07, 6.45) is -0.789. The molecule has 5 nitrogen and oxygen atoms in total. The lowest BCUT2D eigenvalue weighted by Gasteiger charge is -2.13. The van der Waals surface area contributed by atoms with Crippen molar-refractivity contribution in [2.75, 3.05) is 5.75 Å². The van der Waals surface area contributed by atoms with Gasteiger partial charge < -0.3 is 20.5 Å². The molecule has 23 heavy (non-hydrogen) atoms. The van der Waals surface area contributed by atoms with Crippen molar-refractivity contribution in [2.24, 2.45) is 5.73 Å². The molecule has 0 bridgehead atoms. The first-order chi connectivity index (χ1) is 11.0. The number of benzene rings is 2. The van der Waals surface area contributed by atoms with Crippen LogP contribution in [-0.4, -0.2) is 28.9 Å². The zero-order chi connectivity index (χ0) is 16.4. The fourth-order valence-corrected chi connectivity index (χ4v) is 3.13. The highest BCUT2D eigenvalue weighted by atomic mass is 32.2. The normalized spacial score (nSPS) is 14.6. The number of amides is 1. The van der Waals surface area contributed by atoms with Gasteiger partial charge in [-0.05, 0) is 34.3 Å². The van der Waals surface area contributed by atoms with Gasteiger partial charge in [0.1, 0.15) is 6.10 Å². The first-order valence-corrected chi connectivity index (χ1v) is 8.14. The van der Waals surface area contributed by atoms with Gasteiger partial charge in [0.15, 0.2) is 0 Å². The van der Waals surface area contributed by atoms with Crippen LogP contribution in [0.4, 0.5) is 0 Å². The van der Waals surface area contributed by atoms with Gasteiger partial charge in [0, 0.05) is 4.90 Å². The van der Waals surface area contributed by atoms with Crippen molar-refractivity contribution in [3.63, 3.8) is 0 Å². The molecule has 1 aliphatic rings. The van der Waals surface area contributed by atoms with Crippen LogP contribution in [0.25, 0.3) is 0 Å². The highest BCUT2D eigenvalue weighted by Crippen LogP contribution is 2.26. The molecule has 2 aromatic carbocycles. The number of hydrogen-bond acceptors (Lipinski definition) is 5. The molecule has 0 aromatic heterocycles. The summed E-state index contributed by atoms with van der Waals surface area (Å²) >= 11 is 1.36. The average Bonchev–Trinajstić information content (AvgIpc) is 2.93. The summed E-state index contributed by atoms with van der Waals surface area (Å²) in [4.78, 5) is 11.7. The molecule has 7 heteroatoms. The lowest BCUT2D eigenvalue weighted by atomic mass is 9.78. The number of hydrogen-bond donors (Lipinski definition) is 3. The summed E-state index contributed by atoms with van der Waals surface area (Å²) < 4.78 is 5.16. The largest absolute Gasteiger partial charge is 0.491 e. The van der Waals surface area contributed by atoms with Crippen molar-refractivity contribution in [1.82, 2.24) is 0 Å². The zero-order valence-corrected chi connectivity index (χ0v) is 13.1. The van der Waals surface area contributed by atoms with Crippen LogP contribution in [0.3, 0.4) is 0 Å². The summed E-state index contributed by atoms with van der Waals surface area (Å²) in [6.45, 7) is 0.388. The second kappa shape index (κ2) is 6.76. The lowest BCUT2D eigenvalue weighted by Crippen LogP contribution is -2.28. The highest BCUT2D eigenvalue weighted by Gasteiger charge is 2.28. The summed E-state index contributed by atoms with van der Waals surface area (Å²) in [5, 5.41) is 20.3. The van der Waals surface area contributed by atoms with Crippen LogP contribution in [0, 0.1) is 0 Å². The maximum atomic E-state index is 10.8. The minimum atomic E-state index is -0.926. The summed E-state index contributed by atoms with van der Waals surface area (Å²) in [6, 6.07) is 12.8. The third-order valence-electron chi connectivity index (χ3n) is 3.73. The molecule has 0 aliphatic carbocycles. The predicted octanol–water partition coefficient (Wildman–Crippen LogP) is 0.563. The molecule has 0 saturated heterocycles. The molecule has 2 aromatic rings. The molecular formula is C16H16BNO4S. The SMILES string of the molecule is NC(=O)CSc1ccc(C(O)c2ccc3c(c2)B(O)OC3)cc1. The Labute approximate surface area is 138 Å². The van der Waals surface area contributed by atoms with E-state index < -0.39 is 13.2 Å². The van der Waals surface area contributed by atoms with Gasteiger partial charge in [0.05, 0.1) is 12.4 Å².